The molecule has 1 aromatic heterocycles. The number of hydrogen-bond acceptors (Lipinski definition) is 3. The van der Waals surface area contributed by atoms with E-state index in [-0.39, 0.29) is 5.75 Å². The van der Waals surface area contributed by atoms with Gasteiger partial charge < -0.3 is 5.11 Å². The van der Waals surface area contributed by atoms with Crippen LogP contribution in [0.3, 0.4) is 0 Å². The predicted molar refractivity (Wildman–Crippen MR) is 81.2 cm³/mol. The lowest BCUT2D eigenvalue weighted by Crippen LogP contribution is -1.86. The molecule has 1 heterocycles. The molecule has 94 valence electrons. The van der Waals surface area contributed by atoms with Crippen molar-refractivity contribution in [2.45, 2.75) is 0 Å². The number of benzene rings is 1. The number of hydrogen-bond donors (Lipinski definition) is 1. The molecular weight excluding hydrogens is 372 g/mol. The molecule has 0 amide bonds. The summed E-state index contributed by atoms with van der Waals surface area (Å²) in [6.45, 7) is 0. The fourth-order valence-electron chi connectivity index (χ4n) is 1.54. The summed E-state index contributed by atoms with van der Waals surface area (Å²) >= 11 is 6.60. The topological polar surface area (TPSA) is 56.9 Å². The molecule has 0 radical (unpaired) electrons. The van der Waals surface area contributed by atoms with Crippen LogP contribution in [0.5, 0.6) is 5.75 Å². The Hall–Kier alpha value is -1.64. The zero-order valence-corrected chi connectivity index (χ0v) is 12.8. The van der Waals surface area contributed by atoms with Crippen LogP contribution in [0.15, 0.2) is 45.5 Å². The molecule has 0 atom stereocenters. The van der Waals surface area contributed by atoms with E-state index in [0.717, 1.165) is 4.47 Å². The van der Waals surface area contributed by atoms with E-state index in [1.54, 1.807) is 36.5 Å². The normalized spacial score (nSPS) is 11.1. The van der Waals surface area contributed by atoms with Gasteiger partial charge in [-0.1, -0.05) is 22.0 Å². The van der Waals surface area contributed by atoms with Crippen molar-refractivity contribution in [2.24, 2.45) is 0 Å². The van der Waals surface area contributed by atoms with E-state index in [1.807, 2.05) is 6.07 Å². The van der Waals surface area contributed by atoms with Crippen LogP contribution in [0.1, 0.15) is 11.3 Å². The minimum absolute atomic E-state index is 0.0897. The standard InChI is InChI=1S/C14H8Br2N2O/c15-11-6-9(14(19)12(16)7-11)5-10(8-17)13-3-1-2-4-18-13/h1-7,19H. The van der Waals surface area contributed by atoms with E-state index in [4.69, 9.17) is 0 Å². The van der Waals surface area contributed by atoms with E-state index in [1.165, 1.54) is 0 Å². The van der Waals surface area contributed by atoms with Crippen molar-refractivity contribution >= 4 is 43.5 Å². The summed E-state index contributed by atoms with van der Waals surface area (Å²) in [6.07, 6.45) is 3.23. The molecule has 0 aliphatic heterocycles. The lowest BCUT2D eigenvalue weighted by atomic mass is 10.1. The number of nitrogens with zero attached hydrogens (tertiary/aromatic N) is 2. The summed E-state index contributed by atoms with van der Waals surface area (Å²) < 4.78 is 1.37. The lowest BCUT2D eigenvalue weighted by Gasteiger charge is -2.04. The van der Waals surface area contributed by atoms with Crippen LogP contribution in [-0.2, 0) is 0 Å². The molecule has 1 aromatic carbocycles. The number of pyridine rings is 1. The van der Waals surface area contributed by atoms with Crippen molar-refractivity contribution in [1.29, 1.82) is 5.26 Å². The summed E-state index contributed by atoms with van der Waals surface area (Å²) in [5.74, 6) is 0.0897. The van der Waals surface area contributed by atoms with E-state index < -0.39 is 0 Å². The van der Waals surface area contributed by atoms with Gasteiger partial charge in [-0.05, 0) is 46.3 Å². The Balaban J connectivity index is 2.54. The fourth-order valence-corrected chi connectivity index (χ4v) is 2.80. The van der Waals surface area contributed by atoms with Gasteiger partial charge in [0.05, 0.1) is 15.7 Å². The molecular formula is C14H8Br2N2O. The van der Waals surface area contributed by atoms with Crippen LogP contribution in [0.4, 0.5) is 0 Å². The molecule has 0 aliphatic carbocycles. The van der Waals surface area contributed by atoms with E-state index in [2.05, 4.69) is 42.9 Å². The maximum Gasteiger partial charge on any atom is 0.137 e. The SMILES string of the molecule is N#CC(=Cc1cc(Br)cc(Br)c1O)c1ccccn1. The van der Waals surface area contributed by atoms with E-state index in [9.17, 15) is 10.4 Å². The Morgan fingerprint density at radius 2 is 2.11 bits per heavy atom. The maximum atomic E-state index is 9.97. The number of allylic oxidation sites excluding steroid dienone is 1. The molecule has 0 unspecified atom stereocenters. The molecule has 0 fully saturated rings. The van der Waals surface area contributed by atoms with Gasteiger partial charge in [-0.3, -0.25) is 4.98 Å². The zero-order valence-electron chi connectivity index (χ0n) is 9.64. The Bertz CT molecular complexity index is 676. The summed E-state index contributed by atoms with van der Waals surface area (Å²) in [5.41, 5.74) is 1.50. The minimum Gasteiger partial charge on any atom is -0.506 e. The second kappa shape index (κ2) is 6.00. The predicted octanol–water partition coefficient (Wildman–Crippen LogP) is 4.38. The first-order valence-electron chi connectivity index (χ1n) is 5.33. The molecule has 2 aromatic rings. The molecule has 0 saturated carbocycles. The van der Waals surface area contributed by atoms with Crippen LogP contribution in [0, 0.1) is 11.3 Å². The fraction of sp³-hybridized carbons (Fsp3) is 0. The number of halogens is 2. The quantitative estimate of drug-likeness (QED) is 0.788. The smallest absolute Gasteiger partial charge is 0.137 e. The largest absolute Gasteiger partial charge is 0.506 e. The molecule has 0 bridgehead atoms. The first kappa shape index (κ1) is 13.8. The van der Waals surface area contributed by atoms with Crippen molar-refractivity contribution in [3.8, 4) is 11.8 Å². The molecule has 1 N–H and O–H groups in total. The van der Waals surface area contributed by atoms with Crippen LogP contribution >= 0.6 is 31.9 Å². The van der Waals surface area contributed by atoms with Crippen LogP contribution in [0.2, 0.25) is 0 Å². The average molecular weight is 380 g/mol. The van der Waals surface area contributed by atoms with Gasteiger partial charge in [-0.25, -0.2) is 0 Å². The molecule has 3 nitrogen and oxygen atoms in total. The highest BCUT2D eigenvalue weighted by Gasteiger charge is 2.08. The Kier molecular flexibility index (Phi) is 4.35. The number of rotatable bonds is 2. The van der Waals surface area contributed by atoms with Crippen molar-refractivity contribution in [1.82, 2.24) is 4.98 Å². The van der Waals surface area contributed by atoms with Crippen molar-refractivity contribution in [2.75, 3.05) is 0 Å². The third kappa shape index (κ3) is 3.22. The van der Waals surface area contributed by atoms with Gasteiger partial charge in [-0.2, -0.15) is 5.26 Å². The number of aromatic nitrogens is 1. The minimum atomic E-state index is 0.0897. The van der Waals surface area contributed by atoms with Crippen molar-refractivity contribution < 1.29 is 5.11 Å². The number of phenols is 1. The van der Waals surface area contributed by atoms with Gasteiger partial charge in [-0.15, -0.1) is 0 Å². The summed E-state index contributed by atoms with van der Waals surface area (Å²) in [5, 5.41) is 19.2. The van der Waals surface area contributed by atoms with Gasteiger partial charge >= 0.3 is 0 Å². The van der Waals surface area contributed by atoms with Crippen LogP contribution < -0.4 is 0 Å². The Morgan fingerprint density at radius 3 is 2.74 bits per heavy atom. The number of aromatic hydroxyl groups is 1. The van der Waals surface area contributed by atoms with Crippen molar-refractivity contribution in [3.63, 3.8) is 0 Å². The first-order chi connectivity index (χ1) is 9.11. The van der Waals surface area contributed by atoms with Gasteiger partial charge in [0.2, 0.25) is 0 Å². The monoisotopic (exact) mass is 378 g/mol. The second-order valence-corrected chi connectivity index (χ2v) is 5.48. The maximum absolute atomic E-state index is 9.97. The molecule has 2 rings (SSSR count). The summed E-state index contributed by atoms with van der Waals surface area (Å²) in [6, 6.07) is 10.9. The average Bonchev–Trinajstić information content (AvgIpc) is 2.42. The first-order valence-corrected chi connectivity index (χ1v) is 6.91. The molecule has 0 saturated heterocycles. The van der Waals surface area contributed by atoms with Gasteiger partial charge in [0.1, 0.15) is 11.8 Å². The highest BCUT2D eigenvalue weighted by atomic mass is 79.9. The van der Waals surface area contributed by atoms with E-state index in [0.29, 0.717) is 21.3 Å². The van der Waals surface area contributed by atoms with Gasteiger partial charge in [0.25, 0.3) is 0 Å². The highest BCUT2D eigenvalue weighted by molar-refractivity contribution is 9.11. The molecule has 0 spiro atoms. The lowest BCUT2D eigenvalue weighted by molar-refractivity contribution is 0.470. The van der Waals surface area contributed by atoms with Gasteiger partial charge in [0, 0.05) is 16.2 Å². The molecule has 5 heteroatoms. The van der Waals surface area contributed by atoms with Crippen molar-refractivity contribution in [3.05, 3.63) is 56.7 Å². The van der Waals surface area contributed by atoms with E-state index >= 15 is 0 Å². The molecule has 0 aliphatic rings. The Labute approximate surface area is 127 Å². The Morgan fingerprint density at radius 1 is 1.32 bits per heavy atom. The number of nitriles is 1. The molecule has 19 heavy (non-hydrogen) atoms. The van der Waals surface area contributed by atoms with Gasteiger partial charge in [0.15, 0.2) is 0 Å². The third-order valence-corrected chi connectivity index (χ3v) is 3.48. The zero-order chi connectivity index (χ0) is 13.8. The van der Waals surface area contributed by atoms with Crippen LogP contribution in [0.25, 0.3) is 11.6 Å². The highest BCUT2D eigenvalue weighted by Crippen LogP contribution is 2.33. The summed E-state index contributed by atoms with van der Waals surface area (Å²) in [7, 11) is 0. The second-order valence-electron chi connectivity index (χ2n) is 3.71. The summed E-state index contributed by atoms with van der Waals surface area (Å²) in [4.78, 5) is 4.12. The number of phenolic OH excluding ortho intramolecular Hbond substituents is 1. The van der Waals surface area contributed by atoms with Crippen LogP contribution in [-0.4, -0.2) is 10.1 Å². The third-order valence-electron chi connectivity index (χ3n) is 2.42.